The van der Waals surface area contributed by atoms with Crippen LogP contribution in [0.1, 0.15) is 18.1 Å². The van der Waals surface area contributed by atoms with Gasteiger partial charge in [-0.2, -0.15) is 0 Å². The molecule has 0 N–H and O–H groups in total. The molecule has 1 aromatic carbocycles. The van der Waals surface area contributed by atoms with E-state index in [4.69, 9.17) is 21.1 Å². The Morgan fingerprint density at radius 2 is 1.76 bits per heavy atom. The number of halogens is 1. The van der Waals surface area contributed by atoms with E-state index in [0.29, 0.717) is 33.0 Å². The molecule has 21 heavy (non-hydrogen) atoms. The second kappa shape index (κ2) is 9.77. The Bertz CT molecular complexity index is 431. The number of hydrogen-bond acceptors (Lipinski definition) is 3. The highest BCUT2D eigenvalue weighted by molar-refractivity contribution is 6.29. The quantitative estimate of drug-likeness (QED) is 0.520. The van der Waals surface area contributed by atoms with Crippen LogP contribution in [0.5, 0.6) is 0 Å². The van der Waals surface area contributed by atoms with Gasteiger partial charge in [-0.05, 0) is 31.9 Å². The summed E-state index contributed by atoms with van der Waals surface area (Å²) in [4.78, 5) is 13.8. The minimum absolute atomic E-state index is 0.0350. The molecule has 0 saturated heterocycles. The van der Waals surface area contributed by atoms with Crippen LogP contribution in [0.15, 0.2) is 18.2 Å². The molecule has 0 atom stereocenters. The molecule has 0 spiro atoms. The fourth-order valence-corrected chi connectivity index (χ4v) is 2.33. The van der Waals surface area contributed by atoms with Crippen LogP contribution in [0.25, 0.3) is 0 Å². The van der Waals surface area contributed by atoms with Gasteiger partial charge in [-0.1, -0.05) is 18.2 Å². The monoisotopic (exact) mass is 313 g/mol. The van der Waals surface area contributed by atoms with Crippen molar-refractivity contribution in [2.75, 3.05) is 43.8 Å². The van der Waals surface area contributed by atoms with Gasteiger partial charge in [0.05, 0.1) is 19.8 Å². The number of amides is 1. The number of carbonyl (C=O) groups is 1. The summed E-state index contributed by atoms with van der Waals surface area (Å²) in [6.45, 7) is 8.67. The maximum absolute atomic E-state index is 12.1. The van der Waals surface area contributed by atoms with Crippen molar-refractivity contribution < 1.29 is 14.3 Å². The summed E-state index contributed by atoms with van der Waals surface area (Å²) in [5, 5.41) is 0. The second-order valence-electron chi connectivity index (χ2n) is 4.73. The highest BCUT2D eigenvalue weighted by Crippen LogP contribution is 2.24. The van der Waals surface area contributed by atoms with Gasteiger partial charge < -0.3 is 14.4 Å². The molecule has 0 fully saturated rings. The summed E-state index contributed by atoms with van der Waals surface area (Å²) in [6.07, 6.45) is 0. The average Bonchev–Trinajstić information content (AvgIpc) is 2.47. The van der Waals surface area contributed by atoms with Gasteiger partial charge in [0.15, 0.2) is 0 Å². The molecular weight excluding hydrogens is 290 g/mol. The Balaban J connectivity index is 2.67. The van der Waals surface area contributed by atoms with Gasteiger partial charge in [0.25, 0.3) is 0 Å². The number of rotatable bonds is 9. The molecule has 0 saturated carbocycles. The molecule has 1 aromatic rings. The van der Waals surface area contributed by atoms with Crippen LogP contribution in [0.2, 0.25) is 0 Å². The van der Waals surface area contributed by atoms with Gasteiger partial charge in [0.1, 0.15) is 5.88 Å². The summed E-state index contributed by atoms with van der Waals surface area (Å²) in [6, 6.07) is 5.97. The van der Waals surface area contributed by atoms with Crippen molar-refractivity contribution in [3.8, 4) is 0 Å². The van der Waals surface area contributed by atoms with Crippen molar-refractivity contribution in [2.45, 2.75) is 20.8 Å². The van der Waals surface area contributed by atoms with E-state index in [-0.39, 0.29) is 11.8 Å². The van der Waals surface area contributed by atoms with E-state index < -0.39 is 0 Å². The minimum atomic E-state index is -0.109. The first kappa shape index (κ1) is 18.0. The summed E-state index contributed by atoms with van der Waals surface area (Å²) in [5.74, 6) is -0.144. The first-order valence-corrected chi connectivity index (χ1v) is 7.73. The third-order valence-electron chi connectivity index (χ3n) is 3.16. The van der Waals surface area contributed by atoms with Gasteiger partial charge in [0.2, 0.25) is 5.91 Å². The number of para-hydroxylation sites is 1. The van der Waals surface area contributed by atoms with E-state index in [1.807, 2.05) is 39.0 Å². The standard InChI is InChI=1S/C16H24ClNO3/c1-4-20-10-11-21-9-8-18(15(19)12-17)16-13(2)6-5-7-14(16)3/h5-7H,4,8-12H2,1-3H3. The smallest absolute Gasteiger partial charge is 0.242 e. The molecule has 1 amide bonds. The Labute approximate surface area is 132 Å². The average molecular weight is 314 g/mol. The molecular formula is C16H24ClNO3. The van der Waals surface area contributed by atoms with Crippen LogP contribution < -0.4 is 4.90 Å². The summed E-state index contributed by atoms with van der Waals surface area (Å²) >= 11 is 5.73. The molecule has 1 rings (SSSR count). The molecule has 0 aromatic heterocycles. The van der Waals surface area contributed by atoms with E-state index >= 15 is 0 Å². The van der Waals surface area contributed by atoms with Crippen molar-refractivity contribution in [3.63, 3.8) is 0 Å². The molecule has 4 nitrogen and oxygen atoms in total. The number of carbonyl (C=O) groups excluding carboxylic acids is 1. The molecule has 5 heteroatoms. The van der Waals surface area contributed by atoms with Crippen LogP contribution in [0.3, 0.4) is 0 Å². The van der Waals surface area contributed by atoms with E-state index in [1.165, 1.54) is 0 Å². The maximum Gasteiger partial charge on any atom is 0.242 e. The third-order valence-corrected chi connectivity index (χ3v) is 3.39. The molecule has 0 radical (unpaired) electrons. The van der Waals surface area contributed by atoms with Crippen LogP contribution in [-0.2, 0) is 14.3 Å². The number of alkyl halides is 1. The Kier molecular flexibility index (Phi) is 8.35. The number of anilines is 1. The lowest BCUT2D eigenvalue weighted by atomic mass is 10.1. The molecule has 0 aliphatic heterocycles. The Morgan fingerprint density at radius 1 is 1.14 bits per heavy atom. The lowest BCUT2D eigenvalue weighted by Crippen LogP contribution is -2.36. The second-order valence-corrected chi connectivity index (χ2v) is 5.00. The van der Waals surface area contributed by atoms with Gasteiger partial charge >= 0.3 is 0 Å². The van der Waals surface area contributed by atoms with Gasteiger partial charge in [-0.3, -0.25) is 4.79 Å². The fraction of sp³-hybridized carbons (Fsp3) is 0.562. The summed E-state index contributed by atoms with van der Waals surface area (Å²) in [7, 11) is 0. The van der Waals surface area contributed by atoms with Crippen molar-refractivity contribution in [3.05, 3.63) is 29.3 Å². The lowest BCUT2D eigenvalue weighted by molar-refractivity contribution is -0.116. The van der Waals surface area contributed by atoms with Gasteiger partial charge in [0, 0.05) is 18.8 Å². The Hall–Kier alpha value is -1.10. The van der Waals surface area contributed by atoms with Gasteiger partial charge in [-0.25, -0.2) is 0 Å². The predicted octanol–water partition coefficient (Wildman–Crippen LogP) is 2.93. The normalized spacial score (nSPS) is 10.7. The first-order valence-electron chi connectivity index (χ1n) is 7.19. The largest absolute Gasteiger partial charge is 0.379 e. The summed E-state index contributed by atoms with van der Waals surface area (Å²) in [5.41, 5.74) is 3.04. The highest BCUT2D eigenvalue weighted by atomic mass is 35.5. The van der Waals surface area contributed by atoms with E-state index in [1.54, 1.807) is 4.90 Å². The number of aryl methyl sites for hydroxylation is 2. The minimum Gasteiger partial charge on any atom is -0.379 e. The van der Waals surface area contributed by atoms with Gasteiger partial charge in [-0.15, -0.1) is 11.6 Å². The number of ether oxygens (including phenoxy) is 2. The van der Waals surface area contributed by atoms with Crippen molar-refractivity contribution >= 4 is 23.2 Å². The molecule has 0 aliphatic rings. The molecule has 0 heterocycles. The molecule has 0 bridgehead atoms. The molecule has 0 unspecified atom stereocenters. The predicted molar refractivity (Wildman–Crippen MR) is 86.3 cm³/mol. The van der Waals surface area contributed by atoms with E-state index in [2.05, 4.69) is 0 Å². The number of nitrogens with zero attached hydrogens (tertiary/aromatic N) is 1. The topological polar surface area (TPSA) is 38.8 Å². The SMILES string of the molecule is CCOCCOCCN(C(=O)CCl)c1c(C)cccc1C. The van der Waals surface area contributed by atoms with Crippen LogP contribution in [-0.4, -0.2) is 44.8 Å². The fourth-order valence-electron chi connectivity index (χ4n) is 2.18. The van der Waals surface area contributed by atoms with Crippen LogP contribution >= 0.6 is 11.6 Å². The molecule has 0 aliphatic carbocycles. The zero-order chi connectivity index (χ0) is 15.7. The molecule has 118 valence electrons. The number of hydrogen-bond donors (Lipinski definition) is 0. The number of benzene rings is 1. The van der Waals surface area contributed by atoms with Crippen LogP contribution in [0.4, 0.5) is 5.69 Å². The first-order chi connectivity index (χ1) is 10.1. The Morgan fingerprint density at radius 3 is 2.33 bits per heavy atom. The highest BCUT2D eigenvalue weighted by Gasteiger charge is 2.18. The van der Waals surface area contributed by atoms with Crippen molar-refractivity contribution in [1.29, 1.82) is 0 Å². The van der Waals surface area contributed by atoms with Crippen molar-refractivity contribution in [2.24, 2.45) is 0 Å². The zero-order valence-corrected chi connectivity index (χ0v) is 13.8. The third kappa shape index (κ3) is 5.65. The van der Waals surface area contributed by atoms with E-state index in [0.717, 1.165) is 16.8 Å². The van der Waals surface area contributed by atoms with Crippen molar-refractivity contribution in [1.82, 2.24) is 0 Å². The van der Waals surface area contributed by atoms with E-state index in [9.17, 15) is 4.79 Å². The lowest BCUT2D eigenvalue weighted by Gasteiger charge is -2.25. The zero-order valence-electron chi connectivity index (χ0n) is 13.0. The summed E-state index contributed by atoms with van der Waals surface area (Å²) < 4.78 is 10.7. The van der Waals surface area contributed by atoms with Crippen LogP contribution in [0, 0.1) is 13.8 Å². The maximum atomic E-state index is 12.1.